The maximum absolute atomic E-state index is 12.7. The highest BCUT2D eigenvalue weighted by Crippen LogP contribution is 2.61. The van der Waals surface area contributed by atoms with Crippen LogP contribution in [0.15, 0.2) is 12.1 Å². The molecule has 0 aliphatic rings. The molecule has 0 fully saturated rings. The van der Waals surface area contributed by atoms with Crippen LogP contribution in [0.1, 0.15) is 25.2 Å². The van der Waals surface area contributed by atoms with Crippen LogP contribution in [0, 0.1) is 0 Å². The monoisotopic (exact) mass is 319 g/mol. The van der Waals surface area contributed by atoms with E-state index in [1.54, 1.807) is 13.8 Å². The molecule has 120 valence electrons. The zero-order valence-electron chi connectivity index (χ0n) is 12.7. The second-order valence-corrected chi connectivity index (χ2v) is 6.24. The van der Waals surface area contributed by atoms with Gasteiger partial charge >= 0.3 is 7.60 Å². The summed E-state index contributed by atoms with van der Waals surface area (Å²) in [6.07, 6.45) is 0. The molecule has 0 aromatic heterocycles. The first kappa shape index (κ1) is 17.8. The molecule has 0 saturated heterocycles. The van der Waals surface area contributed by atoms with Gasteiger partial charge in [0, 0.05) is 12.1 Å². The lowest BCUT2D eigenvalue weighted by atomic mass is 10.1. The SMILES string of the molecule is CCOP(=O)(OCC)[C@@H](N)c1c(O)cc(OC)cc1OC. The summed E-state index contributed by atoms with van der Waals surface area (Å²) in [5.74, 6) is -0.724. The number of ether oxygens (including phenoxy) is 2. The number of phenols is 1. The van der Waals surface area contributed by atoms with Crippen molar-refractivity contribution in [3.63, 3.8) is 0 Å². The average molecular weight is 319 g/mol. The van der Waals surface area contributed by atoms with E-state index >= 15 is 0 Å². The van der Waals surface area contributed by atoms with Crippen molar-refractivity contribution in [2.45, 2.75) is 19.6 Å². The van der Waals surface area contributed by atoms with E-state index in [0.29, 0.717) is 5.75 Å². The third-order valence-electron chi connectivity index (χ3n) is 2.80. The fraction of sp³-hybridized carbons (Fsp3) is 0.538. The van der Waals surface area contributed by atoms with Gasteiger partial charge in [0.25, 0.3) is 0 Å². The summed E-state index contributed by atoms with van der Waals surface area (Å²) < 4.78 is 33.4. The van der Waals surface area contributed by atoms with E-state index in [1.165, 1.54) is 26.4 Å². The second-order valence-electron chi connectivity index (χ2n) is 4.08. The van der Waals surface area contributed by atoms with Gasteiger partial charge in [-0.3, -0.25) is 4.57 Å². The zero-order valence-corrected chi connectivity index (χ0v) is 13.6. The number of methoxy groups -OCH3 is 2. The van der Waals surface area contributed by atoms with Gasteiger partial charge in [0.15, 0.2) is 0 Å². The van der Waals surface area contributed by atoms with Crippen molar-refractivity contribution in [2.75, 3.05) is 27.4 Å². The molecule has 3 N–H and O–H groups in total. The van der Waals surface area contributed by atoms with Gasteiger partial charge in [-0.25, -0.2) is 0 Å². The Morgan fingerprint density at radius 2 is 1.76 bits per heavy atom. The van der Waals surface area contributed by atoms with Crippen LogP contribution < -0.4 is 15.2 Å². The first-order valence-corrected chi connectivity index (χ1v) is 8.13. The van der Waals surface area contributed by atoms with Crippen LogP contribution >= 0.6 is 7.60 Å². The molecule has 1 atom stereocenters. The van der Waals surface area contributed by atoms with E-state index in [-0.39, 0.29) is 30.3 Å². The number of aromatic hydroxyl groups is 1. The van der Waals surface area contributed by atoms with Gasteiger partial charge in [0.1, 0.15) is 23.0 Å². The van der Waals surface area contributed by atoms with E-state index in [4.69, 9.17) is 24.3 Å². The lowest BCUT2D eigenvalue weighted by molar-refractivity contribution is 0.211. The Balaban J connectivity index is 3.33. The summed E-state index contributed by atoms with van der Waals surface area (Å²) in [7, 11) is -0.755. The molecule has 0 radical (unpaired) electrons. The molecule has 0 spiro atoms. The summed E-state index contributed by atoms with van der Waals surface area (Å²) in [6.45, 7) is 3.71. The lowest BCUT2D eigenvalue weighted by Gasteiger charge is -2.25. The Morgan fingerprint density at radius 3 is 2.19 bits per heavy atom. The van der Waals surface area contributed by atoms with Crippen LogP contribution in [-0.2, 0) is 13.6 Å². The molecule has 7 nitrogen and oxygen atoms in total. The molecule has 0 unspecified atom stereocenters. The van der Waals surface area contributed by atoms with Crippen LogP contribution in [-0.4, -0.2) is 32.5 Å². The third kappa shape index (κ3) is 3.89. The highest BCUT2D eigenvalue weighted by atomic mass is 31.2. The molecule has 21 heavy (non-hydrogen) atoms. The van der Waals surface area contributed by atoms with Crippen LogP contribution in [0.2, 0.25) is 0 Å². The topological polar surface area (TPSA) is 100 Å². The summed E-state index contributed by atoms with van der Waals surface area (Å²) in [4.78, 5) is 0. The van der Waals surface area contributed by atoms with Gasteiger partial charge in [-0.2, -0.15) is 0 Å². The molecule has 1 aromatic carbocycles. The van der Waals surface area contributed by atoms with Gasteiger partial charge in [-0.15, -0.1) is 0 Å². The first-order chi connectivity index (χ1) is 9.93. The molecule has 0 bridgehead atoms. The molecule has 0 heterocycles. The molecule has 0 amide bonds. The van der Waals surface area contributed by atoms with E-state index in [1.807, 2.05) is 0 Å². The fourth-order valence-corrected chi connectivity index (χ4v) is 3.58. The summed E-state index contributed by atoms with van der Waals surface area (Å²) in [5, 5.41) is 10.1. The Labute approximate surface area is 124 Å². The van der Waals surface area contributed by atoms with Crippen molar-refractivity contribution in [2.24, 2.45) is 5.73 Å². The van der Waals surface area contributed by atoms with E-state index in [2.05, 4.69) is 0 Å². The number of benzene rings is 1. The maximum Gasteiger partial charge on any atom is 0.352 e. The van der Waals surface area contributed by atoms with Gasteiger partial charge in [-0.05, 0) is 13.8 Å². The Hall–Kier alpha value is -1.27. The van der Waals surface area contributed by atoms with E-state index < -0.39 is 13.4 Å². The molecule has 0 saturated carbocycles. The van der Waals surface area contributed by atoms with E-state index in [9.17, 15) is 9.67 Å². The van der Waals surface area contributed by atoms with Crippen LogP contribution in [0.4, 0.5) is 0 Å². The number of nitrogens with two attached hydrogens (primary N) is 1. The molecular formula is C13H22NO6P. The minimum absolute atomic E-state index is 0.156. The third-order valence-corrected chi connectivity index (χ3v) is 4.98. The number of rotatable bonds is 8. The first-order valence-electron chi connectivity index (χ1n) is 6.52. The smallest absolute Gasteiger partial charge is 0.352 e. The molecule has 0 aliphatic heterocycles. The Morgan fingerprint density at radius 1 is 1.19 bits per heavy atom. The molecule has 0 aliphatic carbocycles. The van der Waals surface area contributed by atoms with Gasteiger partial charge in [-0.1, -0.05) is 0 Å². The fourth-order valence-electron chi connectivity index (χ4n) is 1.89. The molecule has 8 heteroatoms. The van der Waals surface area contributed by atoms with Crippen molar-refractivity contribution in [1.82, 2.24) is 0 Å². The zero-order chi connectivity index (χ0) is 16.0. The number of phenolic OH excluding ortho intramolecular Hbond substituents is 1. The van der Waals surface area contributed by atoms with Crippen LogP contribution in [0.5, 0.6) is 17.2 Å². The van der Waals surface area contributed by atoms with E-state index in [0.717, 1.165) is 0 Å². The minimum atomic E-state index is -3.63. The highest BCUT2D eigenvalue weighted by molar-refractivity contribution is 7.54. The highest BCUT2D eigenvalue weighted by Gasteiger charge is 2.37. The van der Waals surface area contributed by atoms with Gasteiger partial charge in [0.2, 0.25) is 0 Å². The quantitative estimate of drug-likeness (QED) is 0.710. The summed E-state index contributed by atoms with van der Waals surface area (Å²) in [5.41, 5.74) is 6.18. The van der Waals surface area contributed by atoms with Gasteiger partial charge in [0.05, 0.1) is 33.0 Å². The van der Waals surface area contributed by atoms with Crippen LogP contribution in [0.3, 0.4) is 0 Å². The summed E-state index contributed by atoms with van der Waals surface area (Å²) in [6, 6.07) is 2.90. The van der Waals surface area contributed by atoms with Crippen molar-refractivity contribution in [3.8, 4) is 17.2 Å². The van der Waals surface area contributed by atoms with Crippen LogP contribution in [0.25, 0.3) is 0 Å². The normalized spacial score (nSPS) is 13.0. The molecule has 1 aromatic rings. The predicted octanol–water partition coefficient (Wildman–Crippen LogP) is 2.63. The number of hydrogen-bond acceptors (Lipinski definition) is 7. The maximum atomic E-state index is 12.7. The Bertz CT molecular complexity index is 512. The largest absolute Gasteiger partial charge is 0.507 e. The van der Waals surface area contributed by atoms with Crippen molar-refractivity contribution in [1.29, 1.82) is 0 Å². The standard InChI is InChI=1S/C13H22NO6P/c1-5-19-21(16,20-6-2)13(14)12-10(15)7-9(17-3)8-11(12)18-4/h7-8,13,15H,5-6,14H2,1-4H3/t13-/m1/s1. The second kappa shape index (κ2) is 7.66. The van der Waals surface area contributed by atoms with Gasteiger partial charge < -0.3 is 29.4 Å². The van der Waals surface area contributed by atoms with Crippen molar-refractivity contribution >= 4 is 7.60 Å². The predicted molar refractivity (Wildman–Crippen MR) is 79.0 cm³/mol. The Kier molecular flexibility index (Phi) is 6.48. The molecule has 1 rings (SSSR count). The minimum Gasteiger partial charge on any atom is -0.507 e. The summed E-state index contributed by atoms with van der Waals surface area (Å²) >= 11 is 0. The number of hydrogen-bond donors (Lipinski definition) is 2. The van der Waals surface area contributed by atoms with Crippen molar-refractivity contribution in [3.05, 3.63) is 17.7 Å². The van der Waals surface area contributed by atoms with Crippen molar-refractivity contribution < 1.29 is 28.2 Å². The molecular weight excluding hydrogens is 297 g/mol. The lowest BCUT2D eigenvalue weighted by Crippen LogP contribution is -2.16. The average Bonchev–Trinajstić information content (AvgIpc) is 2.46.